The molecule has 0 aromatic heterocycles. The summed E-state index contributed by atoms with van der Waals surface area (Å²) in [6.07, 6.45) is 3.54. The van der Waals surface area contributed by atoms with Crippen LogP contribution in [0.4, 0.5) is 0 Å². The van der Waals surface area contributed by atoms with E-state index in [9.17, 15) is 0 Å². The summed E-state index contributed by atoms with van der Waals surface area (Å²) in [6, 6.07) is 10.8. The number of unbranched alkanes of at least 4 members (excludes halogenated alkanes) is 1. The molecular formula is C12H20ClNS2. The van der Waals surface area contributed by atoms with E-state index in [2.05, 4.69) is 43.0 Å². The van der Waals surface area contributed by atoms with E-state index in [1.165, 1.54) is 23.5 Å². The summed E-state index contributed by atoms with van der Waals surface area (Å²) >= 11 is 6.09. The third kappa shape index (κ3) is 7.44. The van der Waals surface area contributed by atoms with Gasteiger partial charge in [0.2, 0.25) is 0 Å². The number of hydrogen-bond acceptors (Lipinski definition) is 3. The number of nitrogens with two attached hydrogens (primary N) is 1. The smallest absolute Gasteiger partial charge is 0.0127 e. The summed E-state index contributed by atoms with van der Waals surface area (Å²) in [4.78, 5) is 1.36. The number of thioether (sulfide) groups is 1. The number of benzene rings is 1. The van der Waals surface area contributed by atoms with E-state index in [-0.39, 0.29) is 18.4 Å². The third-order valence-electron chi connectivity index (χ3n) is 2.22. The Morgan fingerprint density at radius 3 is 2.50 bits per heavy atom. The average Bonchev–Trinajstić information content (AvgIpc) is 2.29. The lowest BCUT2D eigenvalue weighted by Crippen LogP contribution is -2.21. The fraction of sp³-hybridized carbons (Fsp3) is 0.500. The lowest BCUT2D eigenvalue weighted by atomic mass is 10.2. The predicted molar refractivity (Wildman–Crippen MR) is 80.1 cm³/mol. The zero-order valence-corrected chi connectivity index (χ0v) is 11.9. The van der Waals surface area contributed by atoms with Crippen LogP contribution >= 0.6 is 36.8 Å². The largest absolute Gasteiger partial charge is 0.327 e. The van der Waals surface area contributed by atoms with Crippen molar-refractivity contribution in [1.82, 2.24) is 0 Å². The molecule has 0 aliphatic carbocycles. The summed E-state index contributed by atoms with van der Waals surface area (Å²) in [5.74, 6) is 1.98. The lowest BCUT2D eigenvalue weighted by Gasteiger charge is -2.07. The average molecular weight is 278 g/mol. The Kier molecular flexibility index (Phi) is 10.4. The maximum Gasteiger partial charge on any atom is 0.0127 e. The highest BCUT2D eigenvalue weighted by atomic mass is 35.5. The van der Waals surface area contributed by atoms with Gasteiger partial charge >= 0.3 is 0 Å². The summed E-state index contributed by atoms with van der Waals surface area (Å²) in [5.41, 5.74) is 5.78. The van der Waals surface area contributed by atoms with Crippen molar-refractivity contribution in [2.45, 2.75) is 30.2 Å². The molecule has 0 radical (unpaired) electrons. The molecule has 1 rings (SSSR count). The second-order valence-electron chi connectivity index (χ2n) is 3.60. The SMILES string of the molecule is Cl.NC(CS)CCCCSc1ccccc1. The van der Waals surface area contributed by atoms with E-state index in [0.29, 0.717) is 0 Å². The van der Waals surface area contributed by atoms with Gasteiger partial charge in [-0.15, -0.1) is 24.2 Å². The van der Waals surface area contributed by atoms with Crippen molar-refractivity contribution < 1.29 is 0 Å². The molecular weight excluding hydrogens is 258 g/mol. The zero-order valence-electron chi connectivity index (χ0n) is 9.34. The van der Waals surface area contributed by atoms with Gasteiger partial charge in [0, 0.05) is 16.7 Å². The molecule has 92 valence electrons. The van der Waals surface area contributed by atoms with Crippen molar-refractivity contribution in [3.63, 3.8) is 0 Å². The first-order valence-corrected chi connectivity index (χ1v) is 6.99. The lowest BCUT2D eigenvalue weighted by molar-refractivity contribution is 0.626. The van der Waals surface area contributed by atoms with Gasteiger partial charge in [-0.2, -0.15) is 12.6 Å². The fourth-order valence-corrected chi connectivity index (χ4v) is 2.42. The van der Waals surface area contributed by atoms with Crippen LogP contribution in [0.2, 0.25) is 0 Å². The highest BCUT2D eigenvalue weighted by Gasteiger charge is 1.99. The molecule has 0 spiro atoms. The minimum absolute atomic E-state index is 0. The van der Waals surface area contributed by atoms with Crippen LogP contribution in [0.5, 0.6) is 0 Å². The molecule has 0 aliphatic rings. The number of halogens is 1. The van der Waals surface area contributed by atoms with E-state index in [4.69, 9.17) is 5.73 Å². The number of rotatable bonds is 7. The fourth-order valence-electron chi connectivity index (χ4n) is 1.31. The summed E-state index contributed by atoms with van der Waals surface area (Å²) in [5, 5.41) is 0. The molecule has 1 atom stereocenters. The van der Waals surface area contributed by atoms with E-state index >= 15 is 0 Å². The van der Waals surface area contributed by atoms with Gasteiger partial charge in [0.25, 0.3) is 0 Å². The Morgan fingerprint density at radius 1 is 1.19 bits per heavy atom. The van der Waals surface area contributed by atoms with E-state index in [1.807, 2.05) is 11.8 Å². The summed E-state index contributed by atoms with van der Waals surface area (Å²) in [7, 11) is 0. The topological polar surface area (TPSA) is 26.0 Å². The number of thiol groups is 1. The Morgan fingerprint density at radius 2 is 1.88 bits per heavy atom. The minimum Gasteiger partial charge on any atom is -0.327 e. The van der Waals surface area contributed by atoms with E-state index in [1.54, 1.807) is 0 Å². The standard InChI is InChI=1S/C12H19NS2.ClH/c13-11(10-14)6-4-5-9-15-12-7-2-1-3-8-12;/h1-3,7-8,11,14H,4-6,9-10,13H2;1H. The second kappa shape index (κ2) is 10.3. The third-order valence-corrected chi connectivity index (χ3v) is 3.78. The van der Waals surface area contributed by atoms with Crippen LogP contribution in [0.25, 0.3) is 0 Å². The van der Waals surface area contributed by atoms with Gasteiger partial charge in [-0.05, 0) is 30.7 Å². The minimum atomic E-state index is 0. The van der Waals surface area contributed by atoms with Gasteiger partial charge in [0.05, 0.1) is 0 Å². The van der Waals surface area contributed by atoms with Gasteiger partial charge in [-0.1, -0.05) is 24.6 Å². The predicted octanol–water partition coefficient (Wildman–Crippen LogP) is 3.63. The van der Waals surface area contributed by atoms with Crippen LogP contribution < -0.4 is 5.73 Å². The molecule has 0 saturated heterocycles. The molecule has 0 heterocycles. The molecule has 0 aliphatic heterocycles. The molecule has 1 unspecified atom stereocenters. The first kappa shape index (κ1) is 16.2. The van der Waals surface area contributed by atoms with Crippen molar-refractivity contribution in [1.29, 1.82) is 0 Å². The van der Waals surface area contributed by atoms with Crippen LogP contribution in [0, 0.1) is 0 Å². The van der Waals surface area contributed by atoms with Crippen molar-refractivity contribution in [3.8, 4) is 0 Å². The maximum atomic E-state index is 5.78. The van der Waals surface area contributed by atoms with Crippen molar-refractivity contribution in [3.05, 3.63) is 30.3 Å². The quantitative estimate of drug-likeness (QED) is 0.452. The highest BCUT2D eigenvalue weighted by molar-refractivity contribution is 7.99. The Labute approximate surface area is 114 Å². The van der Waals surface area contributed by atoms with Crippen LogP contribution in [0.15, 0.2) is 35.2 Å². The van der Waals surface area contributed by atoms with Gasteiger partial charge < -0.3 is 5.73 Å². The maximum absolute atomic E-state index is 5.78. The first-order chi connectivity index (χ1) is 7.33. The molecule has 16 heavy (non-hydrogen) atoms. The van der Waals surface area contributed by atoms with E-state index in [0.717, 1.165) is 12.2 Å². The Balaban J connectivity index is 0.00000225. The zero-order chi connectivity index (χ0) is 10.9. The monoisotopic (exact) mass is 277 g/mol. The highest BCUT2D eigenvalue weighted by Crippen LogP contribution is 2.18. The molecule has 4 heteroatoms. The molecule has 1 nitrogen and oxygen atoms in total. The first-order valence-electron chi connectivity index (χ1n) is 5.37. The molecule has 0 bridgehead atoms. The normalized spacial score (nSPS) is 11.9. The molecule has 1 aromatic carbocycles. The van der Waals surface area contributed by atoms with Crippen molar-refractivity contribution in [2.24, 2.45) is 5.73 Å². The van der Waals surface area contributed by atoms with Gasteiger partial charge in [0.1, 0.15) is 0 Å². The van der Waals surface area contributed by atoms with Gasteiger partial charge in [-0.25, -0.2) is 0 Å². The Bertz CT molecular complexity index is 256. The van der Waals surface area contributed by atoms with E-state index < -0.39 is 0 Å². The summed E-state index contributed by atoms with van der Waals surface area (Å²) in [6.45, 7) is 0. The van der Waals surface area contributed by atoms with Gasteiger partial charge in [-0.3, -0.25) is 0 Å². The van der Waals surface area contributed by atoms with Crippen LogP contribution in [-0.2, 0) is 0 Å². The second-order valence-corrected chi connectivity index (χ2v) is 5.13. The molecule has 0 fully saturated rings. The Hall–Kier alpha value is 0.170. The van der Waals surface area contributed by atoms with Crippen LogP contribution in [0.3, 0.4) is 0 Å². The van der Waals surface area contributed by atoms with Crippen LogP contribution in [-0.4, -0.2) is 17.5 Å². The van der Waals surface area contributed by atoms with Crippen molar-refractivity contribution in [2.75, 3.05) is 11.5 Å². The summed E-state index contributed by atoms with van der Waals surface area (Å²) < 4.78 is 0. The number of hydrogen-bond donors (Lipinski definition) is 2. The molecule has 2 N–H and O–H groups in total. The van der Waals surface area contributed by atoms with Crippen LogP contribution in [0.1, 0.15) is 19.3 Å². The molecule has 1 aromatic rings. The van der Waals surface area contributed by atoms with Gasteiger partial charge in [0.15, 0.2) is 0 Å². The molecule has 0 saturated carbocycles. The van der Waals surface area contributed by atoms with Crippen molar-refractivity contribution >= 4 is 36.8 Å². The molecule has 0 amide bonds.